The maximum Gasteiger partial charge on any atom is 0.276 e. The summed E-state index contributed by atoms with van der Waals surface area (Å²) in [5.41, 5.74) is 4.06. The van der Waals surface area contributed by atoms with Gasteiger partial charge in [0.2, 0.25) is 5.69 Å². The molecule has 0 spiro atoms. The van der Waals surface area contributed by atoms with Crippen LogP contribution in [0.3, 0.4) is 0 Å². The van der Waals surface area contributed by atoms with Gasteiger partial charge >= 0.3 is 0 Å². The molecule has 3 aromatic rings. The standard InChI is InChI=1S/C34H30N4O6/c1-33(2)25-10-6-8-12-27(25)35(5)29(33)17-23-31(39)24(32(23)40)18-30-34(3,4)26-11-7-9-13-28(26)36(30)19-20-14-21(37(41)42)16-22(15-20)38(43)44/h6-18H,19H2,1-5H3. The Kier molecular flexibility index (Phi) is 6.42. The van der Waals surface area contributed by atoms with Crippen molar-refractivity contribution in [3.8, 4) is 0 Å². The number of nitro benzene ring substituents is 2. The predicted molar refractivity (Wildman–Crippen MR) is 164 cm³/mol. The highest BCUT2D eigenvalue weighted by atomic mass is 16.6. The van der Waals surface area contributed by atoms with Gasteiger partial charge < -0.3 is 10.0 Å². The molecular formula is C34H30N4O6. The summed E-state index contributed by atoms with van der Waals surface area (Å²) < 4.78 is 2.01. The number of hydrogen-bond acceptors (Lipinski definition) is 7. The van der Waals surface area contributed by atoms with Crippen molar-refractivity contribution in [1.82, 2.24) is 0 Å². The summed E-state index contributed by atoms with van der Waals surface area (Å²) in [6.07, 6.45) is 3.30. The lowest BCUT2D eigenvalue weighted by Gasteiger charge is -2.33. The molecule has 0 saturated heterocycles. The summed E-state index contributed by atoms with van der Waals surface area (Å²) >= 11 is 0. The van der Waals surface area contributed by atoms with Crippen LogP contribution in [0.25, 0.3) is 0 Å². The molecule has 222 valence electrons. The number of para-hydroxylation sites is 2. The number of allylic oxidation sites excluding steroid dienone is 5. The van der Waals surface area contributed by atoms with E-state index in [-0.39, 0.29) is 40.6 Å². The van der Waals surface area contributed by atoms with Crippen molar-refractivity contribution in [2.45, 2.75) is 45.1 Å². The number of benzene rings is 3. The SMILES string of the molecule is C[N+]1=C(/C=C2/C(=O)C(/C=C3\N(Cc4cc([N+](=O)[O-])cc([N+](=O)[O-])c4)c4ccccc4C3(C)C)=C2[O-])C(C)(C)c2ccccc21. The maximum absolute atomic E-state index is 13.6. The number of nitrogens with zero attached hydrogens (tertiary/aromatic N) is 4. The second-order valence-electron chi connectivity index (χ2n) is 12.3. The molecule has 44 heavy (non-hydrogen) atoms. The van der Waals surface area contributed by atoms with Gasteiger partial charge in [-0.2, -0.15) is 4.58 Å². The molecule has 0 unspecified atom stereocenters. The zero-order chi connectivity index (χ0) is 31.7. The molecule has 0 amide bonds. The minimum Gasteiger partial charge on any atom is -0.871 e. The highest BCUT2D eigenvalue weighted by Crippen LogP contribution is 2.50. The lowest BCUT2D eigenvalue weighted by molar-refractivity contribution is -0.401. The van der Waals surface area contributed by atoms with Crippen LogP contribution in [0, 0.1) is 20.2 Å². The van der Waals surface area contributed by atoms with Crippen LogP contribution in [0.1, 0.15) is 44.4 Å². The number of ketones is 1. The van der Waals surface area contributed by atoms with Gasteiger partial charge in [0.15, 0.2) is 11.5 Å². The van der Waals surface area contributed by atoms with Crippen LogP contribution >= 0.6 is 0 Å². The predicted octanol–water partition coefficient (Wildman–Crippen LogP) is 5.51. The van der Waals surface area contributed by atoms with Crippen LogP contribution in [0.15, 0.2) is 101 Å². The first-order chi connectivity index (χ1) is 20.7. The van der Waals surface area contributed by atoms with Crippen molar-refractivity contribution in [3.63, 3.8) is 0 Å². The van der Waals surface area contributed by atoms with Crippen molar-refractivity contribution in [2.75, 3.05) is 11.9 Å². The van der Waals surface area contributed by atoms with Gasteiger partial charge in [-0.1, -0.05) is 56.0 Å². The summed E-state index contributed by atoms with van der Waals surface area (Å²) in [5, 5.41) is 36.6. The number of carbonyl (C=O) groups is 1. The van der Waals surface area contributed by atoms with Gasteiger partial charge in [0.1, 0.15) is 7.05 Å². The van der Waals surface area contributed by atoms with Crippen molar-refractivity contribution < 1.29 is 24.3 Å². The van der Waals surface area contributed by atoms with E-state index in [9.17, 15) is 30.1 Å². The number of Topliss-reactive ketones (excluding diaryl/α,β-unsaturated/α-hetero) is 1. The number of anilines is 1. The molecule has 0 bridgehead atoms. The fraction of sp³-hybridized carbons (Fsp3) is 0.235. The normalized spacial score (nSPS) is 19.8. The van der Waals surface area contributed by atoms with E-state index in [2.05, 4.69) is 13.8 Å². The Morgan fingerprint density at radius 3 is 2.02 bits per heavy atom. The van der Waals surface area contributed by atoms with E-state index in [1.807, 2.05) is 78.9 Å². The number of nitro groups is 2. The summed E-state index contributed by atoms with van der Waals surface area (Å²) in [5.74, 6) is -0.708. The quantitative estimate of drug-likeness (QED) is 0.160. The molecule has 3 aromatic carbocycles. The fourth-order valence-corrected chi connectivity index (χ4v) is 6.64. The van der Waals surface area contributed by atoms with Crippen LogP contribution in [-0.4, -0.2) is 33.0 Å². The van der Waals surface area contributed by atoms with E-state index in [4.69, 9.17) is 0 Å². The average molecular weight is 591 g/mol. The molecule has 3 aliphatic rings. The number of hydrogen-bond donors (Lipinski definition) is 0. The van der Waals surface area contributed by atoms with Gasteiger partial charge in [0, 0.05) is 64.3 Å². The minimum atomic E-state index is -0.663. The third-order valence-corrected chi connectivity index (χ3v) is 9.01. The van der Waals surface area contributed by atoms with Gasteiger partial charge in [0.25, 0.3) is 11.4 Å². The van der Waals surface area contributed by atoms with E-state index in [0.29, 0.717) is 11.3 Å². The molecule has 0 radical (unpaired) electrons. The van der Waals surface area contributed by atoms with Gasteiger partial charge in [-0.05, 0) is 37.1 Å². The number of rotatable bonds is 6. The zero-order valence-electron chi connectivity index (χ0n) is 25.0. The summed E-state index contributed by atoms with van der Waals surface area (Å²) in [4.78, 5) is 37.2. The van der Waals surface area contributed by atoms with Crippen molar-refractivity contribution in [3.05, 3.63) is 138 Å². The molecule has 0 atom stereocenters. The third kappa shape index (κ3) is 4.24. The fourth-order valence-electron chi connectivity index (χ4n) is 6.64. The molecule has 2 heterocycles. The molecule has 0 saturated carbocycles. The molecule has 0 aromatic heterocycles. The smallest absolute Gasteiger partial charge is 0.276 e. The second kappa shape index (κ2) is 9.84. The lowest BCUT2D eigenvalue weighted by Crippen LogP contribution is -2.34. The van der Waals surface area contributed by atoms with E-state index in [0.717, 1.165) is 34.3 Å². The first kappa shape index (κ1) is 28.7. The highest BCUT2D eigenvalue weighted by Gasteiger charge is 2.45. The first-order valence-electron chi connectivity index (χ1n) is 14.1. The van der Waals surface area contributed by atoms with Crippen LogP contribution in [-0.2, 0) is 22.2 Å². The van der Waals surface area contributed by atoms with Crippen LogP contribution < -0.4 is 10.0 Å². The Bertz CT molecular complexity index is 1910. The molecule has 6 rings (SSSR count). The third-order valence-electron chi connectivity index (χ3n) is 9.01. The lowest BCUT2D eigenvalue weighted by atomic mass is 9.77. The van der Waals surface area contributed by atoms with Crippen LogP contribution in [0.4, 0.5) is 22.7 Å². The topological polar surface area (TPSA) is 133 Å². The van der Waals surface area contributed by atoms with Crippen molar-refractivity contribution in [2.24, 2.45) is 0 Å². The first-order valence-corrected chi connectivity index (χ1v) is 14.1. The molecule has 10 nitrogen and oxygen atoms in total. The van der Waals surface area contributed by atoms with Gasteiger partial charge in [-0.15, -0.1) is 0 Å². The number of non-ortho nitro benzene ring substituents is 2. The molecule has 0 N–H and O–H groups in total. The van der Waals surface area contributed by atoms with E-state index in [1.165, 1.54) is 12.1 Å². The number of carbonyl (C=O) groups excluding carboxylic acids is 1. The Hall–Kier alpha value is -5.38. The number of fused-ring (bicyclic) bond motifs is 2. The monoisotopic (exact) mass is 590 g/mol. The Labute approximate surface area is 253 Å². The summed E-state index contributed by atoms with van der Waals surface area (Å²) in [7, 11) is 1.93. The van der Waals surface area contributed by atoms with E-state index >= 15 is 0 Å². The summed E-state index contributed by atoms with van der Waals surface area (Å²) in [6, 6.07) is 19.1. The summed E-state index contributed by atoms with van der Waals surface area (Å²) in [6.45, 7) is 8.14. The van der Waals surface area contributed by atoms with Gasteiger partial charge in [0.05, 0.1) is 21.3 Å². The van der Waals surface area contributed by atoms with Crippen LogP contribution in [0.5, 0.6) is 0 Å². The maximum atomic E-state index is 13.6. The van der Waals surface area contributed by atoms with Crippen molar-refractivity contribution in [1.29, 1.82) is 0 Å². The molecule has 0 fully saturated rings. The second-order valence-corrected chi connectivity index (χ2v) is 12.3. The van der Waals surface area contributed by atoms with Crippen molar-refractivity contribution >= 4 is 34.2 Å². The Morgan fingerprint density at radius 1 is 0.841 bits per heavy atom. The van der Waals surface area contributed by atoms with E-state index in [1.54, 1.807) is 12.2 Å². The minimum absolute atomic E-state index is 0.0544. The van der Waals surface area contributed by atoms with E-state index < -0.39 is 20.7 Å². The molecule has 1 aliphatic carbocycles. The van der Waals surface area contributed by atoms with Gasteiger partial charge in [-0.25, -0.2) is 0 Å². The Balaban J connectivity index is 1.43. The van der Waals surface area contributed by atoms with Crippen LogP contribution in [0.2, 0.25) is 0 Å². The molecular weight excluding hydrogens is 560 g/mol. The average Bonchev–Trinajstić information content (AvgIpc) is 3.32. The largest absolute Gasteiger partial charge is 0.871 e. The van der Waals surface area contributed by atoms with Gasteiger partial charge in [-0.3, -0.25) is 25.0 Å². The Morgan fingerprint density at radius 2 is 1.43 bits per heavy atom. The highest BCUT2D eigenvalue weighted by molar-refractivity contribution is 6.24. The molecule has 10 heteroatoms. The molecule has 2 aliphatic heterocycles. The zero-order valence-corrected chi connectivity index (χ0v) is 25.0.